The molecule has 0 unspecified atom stereocenters. The zero-order valence-electron chi connectivity index (χ0n) is 25.0. The summed E-state index contributed by atoms with van der Waals surface area (Å²) in [6.07, 6.45) is 27.4. The summed E-state index contributed by atoms with van der Waals surface area (Å²) in [6.45, 7) is 3.03. The Kier molecular flexibility index (Phi) is 13.1. The van der Waals surface area contributed by atoms with Crippen LogP contribution in [0.1, 0.15) is 119 Å². The minimum atomic E-state index is -0.349. The number of unbranched alkanes of at least 4 members (excludes halogenated alkanes) is 13. The molecule has 3 aromatic carbocycles. The first-order chi connectivity index (χ1) is 20.2. The highest BCUT2D eigenvalue weighted by molar-refractivity contribution is 5.96. The van der Waals surface area contributed by atoms with Crippen molar-refractivity contribution in [1.29, 1.82) is 0 Å². The van der Waals surface area contributed by atoms with Crippen LogP contribution in [-0.4, -0.2) is 12.6 Å². The summed E-state index contributed by atoms with van der Waals surface area (Å²) in [4.78, 5) is 12.8. The van der Waals surface area contributed by atoms with Crippen molar-refractivity contribution in [2.24, 2.45) is 0 Å². The molecule has 0 aromatic heterocycles. The van der Waals surface area contributed by atoms with Gasteiger partial charge in [-0.3, -0.25) is 0 Å². The second-order valence-electron chi connectivity index (χ2n) is 11.4. The molecular formula is C38H48O3. The third kappa shape index (κ3) is 10.5. The van der Waals surface area contributed by atoms with Crippen LogP contribution in [0.3, 0.4) is 0 Å². The van der Waals surface area contributed by atoms with Crippen molar-refractivity contribution < 1.29 is 14.3 Å². The van der Waals surface area contributed by atoms with E-state index in [-0.39, 0.29) is 5.97 Å². The van der Waals surface area contributed by atoms with Gasteiger partial charge in [-0.1, -0.05) is 139 Å². The van der Waals surface area contributed by atoms with Gasteiger partial charge in [0.1, 0.15) is 11.5 Å². The van der Waals surface area contributed by atoms with Crippen molar-refractivity contribution in [2.75, 3.05) is 6.61 Å². The summed E-state index contributed by atoms with van der Waals surface area (Å²) in [7, 11) is 0. The molecule has 0 aliphatic heterocycles. The Balaban J connectivity index is 1.09. The number of ether oxygens (including phenoxy) is 2. The van der Waals surface area contributed by atoms with E-state index in [1.54, 1.807) is 0 Å². The summed E-state index contributed by atoms with van der Waals surface area (Å²) >= 11 is 0. The molecule has 0 N–H and O–H groups in total. The van der Waals surface area contributed by atoms with Crippen molar-refractivity contribution in [3.63, 3.8) is 0 Å². The molecule has 1 aliphatic rings. The van der Waals surface area contributed by atoms with Crippen LogP contribution in [-0.2, 0) is 0 Å². The van der Waals surface area contributed by atoms with Gasteiger partial charge in [-0.2, -0.15) is 0 Å². The van der Waals surface area contributed by atoms with E-state index in [1.807, 2.05) is 54.6 Å². The van der Waals surface area contributed by atoms with Gasteiger partial charge >= 0.3 is 5.97 Å². The largest absolute Gasteiger partial charge is 0.494 e. The van der Waals surface area contributed by atoms with E-state index in [0.717, 1.165) is 29.5 Å². The first-order valence-corrected chi connectivity index (χ1v) is 16.1. The lowest BCUT2D eigenvalue weighted by molar-refractivity contribution is 0.0735. The first-order valence-electron chi connectivity index (χ1n) is 16.1. The number of benzene rings is 3. The van der Waals surface area contributed by atoms with E-state index >= 15 is 0 Å². The van der Waals surface area contributed by atoms with Gasteiger partial charge in [0.15, 0.2) is 0 Å². The maximum atomic E-state index is 12.8. The van der Waals surface area contributed by atoms with Crippen LogP contribution < -0.4 is 9.47 Å². The van der Waals surface area contributed by atoms with E-state index in [2.05, 4.69) is 37.3 Å². The number of allylic oxidation sites excluding steroid dienone is 4. The Labute approximate surface area is 247 Å². The lowest BCUT2D eigenvalue weighted by Crippen LogP contribution is -2.08. The molecule has 1 aliphatic carbocycles. The summed E-state index contributed by atoms with van der Waals surface area (Å²) < 4.78 is 11.7. The van der Waals surface area contributed by atoms with Gasteiger partial charge in [0, 0.05) is 5.92 Å². The summed E-state index contributed by atoms with van der Waals surface area (Å²) in [5.74, 6) is 1.39. The van der Waals surface area contributed by atoms with Crippen molar-refractivity contribution in [2.45, 2.75) is 103 Å². The van der Waals surface area contributed by atoms with Gasteiger partial charge in [-0.15, -0.1) is 0 Å². The minimum absolute atomic E-state index is 0.299. The van der Waals surface area contributed by atoms with Crippen LogP contribution in [0, 0.1) is 0 Å². The molecule has 0 saturated carbocycles. The highest BCUT2D eigenvalue weighted by Crippen LogP contribution is 2.26. The molecule has 3 nitrogen and oxygen atoms in total. The zero-order valence-corrected chi connectivity index (χ0v) is 25.0. The molecule has 0 bridgehead atoms. The quantitative estimate of drug-likeness (QED) is 0.0843. The first kappa shape index (κ1) is 30.6. The smallest absolute Gasteiger partial charge is 0.343 e. The molecule has 4 rings (SSSR count). The average Bonchev–Trinajstić information content (AvgIpc) is 3.54. The number of hydrogen-bond donors (Lipinski definition) is 0. The van der Waals surface area contributed by atoms with Gasteiger partial charge in [0.05, 0.1) is 12.2 Å². The highest BCUT2D eigenvalue weighted by Gasteiger charge is 2.12. The number of carbonyl (C=O) groups is 1. The Hall–Kier alpha value is -3.33. The predicted octanol–water partition coefficient (Wildman–Crippen LogP) is 11.1. The normalized spacial score (nSPS) is 12.8. The summed E-state index contributed by atoms with van der Waals surface area (Å²) in [5.41, 5.74) is 1.72. The molecular weight excluding hydrogens is 504 g/mol. The second-order valence-corrected chi connectivity index (χ2v) is 11.4. The molecule has 0 amide bonds. The van der Waals surface area contributed by atoms with Gasteiger partial charge in [-0.05, 0) is 59.2 Å². The molecule has 0 radical (unpaired) electrons. The van der Waals surface area contributed by atoms with E-state index in [0.29, 0.717) is 17.2 Å². The van der Waals surface area contributed by atoms with Crippen LogP contribution in [0.25, 0.3) is 10.8 Å². The van der Waals surface area contributed by atoms with Crippen LogP contribution in [0.5, 0.6) is 11.5 Å². The number of rotatable bonds is 19. The fourth-order valence-electron chi connectivity index (χ4n) is 5.51. The Bertz CT molecular complexity index is 1240. The van der Waals surface area contributed by atoms with E-state index in [4.69, 9.17) is 9.47 Å². The van der Waals surface area contributed by atoms with Gasteiger partial charge in [-0.25, -0.2) is 4.79 Å². The average molecular weight is 553 g/mol. The molecule has 0 atom stereocenters. The van der Waals surface area contributed by atoms with E-state index < -0.39 is 0 Å². The van der Waals surface area contributed by atoms with Gasteiger partial charge < -0.3 is 9.47 Å². The SMILES string of the molecule is CCCCCCCCCCCCCCCCOc1ccc2cc(C(=O)Oc3ccc(C4C=CC=C4)cc3)ccc2c1. The maximum absolute atomic E-state index is 12.8. The molecule has 0 saturated heterocycles. The van der Waals surface area contributed by atoms with Crippen molar-refractivity contribution in [3.05, 3.63) is 96.1 Å². The lowest BCUT2D eigenvalue weighted by Gasteiger charge is -2.10. The highest BCUT2D eigenvalue weighted by atomic mass is 16.5. The van der Waals surface area contributed by atoms with Crippen LogP contribution in [0.4, 0.5) is 0 Å². The molecule has 3 heteroatoms. The fourth-order valence-corrected chi connectivity index (χ4v) is 5.51. The number of hydrogen-bond acceptors (Lipinski definition) is 3. The van der Waals surface area contributed by atoms with Gasteiger partial charge in [0.25, 0.3) is 0 Å². The predicted molar refractivity (Wildman–Crippen MR) is 172 cm³/mol. The van der Waals surface area contributed by atoms with Crippen molar-refractivity contribution in [1.82, 2.24) is 0 Å². The molecule has 41 heavy (non-hydrogen) atoms. The van der Waals surface area contributed by atoms with Gasteiger partial charge in [0.2, 0.25) is 0 Å². The van der Waals surface area contributed by atoms with Crippen molar-refractivity contribution in [3.8, 4) is 11.5 Å². The minimum Gasteiger partial charge on any atom is -0.494 e. The summed E-state index contributed by atoms with van der Waals surface area (Å²) in [5, 5.41) is 2.06. The fraction of sp³-hybridized carbons (Fsp3) is 0.447. The van der Waals surface area contributed by atoms with E-state index in [1.165, 1.54) is 89.0 Å². The van der Waals surface area contributed by atoms with Crippen LogP contribution >= 0.6 is 0 Å². The third-order valence-corrected chi connectivity index (χ3v) is 8.04. The molecule has 3 aromatic rings. The Morgan fingerprint density at radius 2 is 1.15 bits per heavy atom. The molecule has 0 heterocycles. The Morgan fingerprint density at radius 1 is 0.610 bits per heavy atom. The topological polar surface area (TPSA) is 35.5 Å². The maximum Gasteiger partial charge on any atom is 0.343 e. The second kappa shape index (κ2) is 17.5. The van der Waals surface area contributed by atoms with Crippen LogP contribution in [0.2, 0.25) is 0 Å². The third-order valence-electron chi connectivity index (χ3n) is 8.04. The monoisotopic (exact) mass is 552 g/mol. The number of carbonyl (C=O) groups excluding carboxylic acids is 1. The van der Waals surface area contributed by atoms with Crippen LogP contribution in [0.15, 0.2) is 85.0 Å². The Morgan fingerprint density at radius 3 is 1.78 bits per heavy atom. The lowest BCUT2D eigenvalue weighted by atomic mass is 10.0. The van der Waals surface area contributed by atoms with E-state index in [9.17, 15) is 4.79 Å². The standard InChI is InChI=1S/C38H48O3/c1-2-3-4-5-6-7-8-9-10-11-12-13-14-17-28-40-37-27-24-33-29-35(21-20-34(33)30-37)38(39)41-36-25-22-32(23-26-36)31-18-15-16-19-31/h15-16,18-27,29-31H,2-14,17,28H2,1H3. The number of esters is 1. The summed E-state index contributed by atoms with van der Waals surface area (Å²) in [6, 6.07) is 19.5. The zero-order chi connectivity index (χ0) is 28.5. The van der Waals surface area contributed by atoms with Crippen molar-refractivity contribution >= 4 is 16.7 Å². The molecule has 0 spiro atoms. The number of fused-ring (bicyclic) bond motifs is 1. The molecule has 0 fully saturated rings. The molecule has 218 valence electrons.